The van der Waals surface area contributed by atoms with Crippen molar-refractivity contribution in [1.29, 1.82) is 5.26 Å². The van der Waals surface area contributed by atoms with E-state index in [4.69, 9.17) is 10.7 Å². The summed E-state index contributed by atoms with van der Waals surface area (Å²) in [7, 11) is 0. The molecular formula is C24H28N8O. The van der Waals surface area contributed by atoms with Gasteiger partial charge in [0.25, 0.3) is 0 Å². The smallest absolute Gasteiger partial charge is 0.249 e. The maximum absolute atomic E-state index is 11.9. The summed E-state index contributed by atoms with van der Waals surface area (Å²) >= 11 is 0. The first-order valence-corrected chi connectivity index (χ1v) is 11.2. The van der Waals surface area contributed by atoms with Crippen LogP contribution in [-0.4, -0.2) is 38.7 Å². The quantitative estimate of drug-likeness (QED) is 0.508. The van der Waals surface area contributed by atoms with Crippen LogP contribution in [0.15, 0.2) is 36.8 Å². The molecular weight excluding hydrogens is 416 g/mol. The first-order chi connectivity index (χ1) is 16.0. The summed E-state index contributed by atoms with van der Waals surface area (Å²) in [5, 5.41) is 20.7. The van der Waals surface area contributed by atoms with Crippen molar-refractivity contribution >= 4 is 17.5 Å². The van der Waals surface area contributed by atoms with E-state index in [1.54, 1.807) is 24.5 Å². The molecule has 0 aliphatic carbocycles. The van der Waals surface area contributed by atoms with Crippen LogP contribution in [0.4, 0.5) is 11.6 Å². The normalized spacial score (nSPS) is 16.7. The molecule has 1 saturated heterocycles. The maximum atomic E-state index is 11.9. The average molecular weight is 445 g/mol. The Balaban J connectivity index is 1.63. The Hall–Kier alpha value is -3.77. The van der Waals surface area contributed by atoms with E-state index in [2.05, 4.69) is 26.8 Å². The van der Waals surface area contributed by atoms with E-state index in [0.717, 1.165) is 48.4 Å². The minimum atomic E-state index is -0.544. The van der Waals surface area contributed by atoms with Crippen LogP contribution in [0.25, 0.3) is 11.3 Å². The van der Waals surface area contributed by atoms with Crippen molar-refractivity contribution in [3.05, 3.63) is 53.5 Å². The Bertz CT molecular complexity index is 1190. The predicted molar refractivity (Wildman–Crippen MR) is 126 cm³/mol. The molecule has 2 aromatic heterocycles. The number of amides is 1. The molecule has 4 rings (SSSR count). The fourth-order valence-electron chi connectivity index (χ4n) is 4.19. The molecule has 0 radical (unpaired) electrons. The molecule has 2 atom stereocenters. The van der Waals surface area contributed by atoms with Crippen molar-refractivity contribution in [1.82, 2.24) is 25.1 Å². The van der Waals surface area contributed by atoms with Crippen LogP contribution in [-0.2, 0) is 0 Å². The van der Waals surface area contributed by atoms with E-state index in [1.165, 1.54) is 0 Å². The van der Waals surface area contributed by atoms with E-state index < -0.39 is 11.8 Å². The molecule has 4 N–H and O–H groups in total. The van der Waals surface area contributed by atoms with Crippen LogP contribution in [0.3, 0.4) is 0 Å². The Morgan fingerprint density at radius 2 is 2.27 bits per heavy atom. The van der Waals surface area contributed by atoms with Gasteiger partial charge in [0, 0.05) is 30.1 Å². The molecule has 1 aliphatic rings. The number of hydrogen-bond acceptors (Lipinski definition) is 7. The Morgan fingerprint density at radius 3 is 2.97 bits per heavy atom. The average Bonchev–Trinajstić information content (AvgIpc) is 3.30. The largest absolute Gasteiger partial charge is 0.366 e. The van der Waals surface area contributed by atoms with Crippen molar-refractivity contribution in [2.75, 3.05) is 18.4 Å². The van der Waals surface area contributed by atoms with Gasteiger partial charge in [0.2, 0.25) is 11.9 Å². The number of nitrogens with zero attached hydrogens (tertiary/aromatic N) is 5. The number of carbonyl (C=O) groups is 1. The van der Waals surface area contributed by atoms with Gasteiger partial charge in [-0.2, -0.15) is 10.4 Å². The first-order valence-electron chi connectivity index (χ1n) is 11.2. The van der Waals surface area contributed by atoms with Crippen molar-refractivity contribution < 1.29 is 4.79 Å². The van der Waals surface area contributed by atoms with Crippen LogP contribution in [0.1, 0.15) is 59.6 Å². The van der Waals surface area contributed by atoms with Gasteiger partial charge < -0.3 is 16.4 Å². The molecule has 1 aliphatic heterocycles. The Kier molecular flexibility index (Phi) is 6.66. The lowest BCUT2D eigenvalue weighted by Crippen LogP contribution is -2.31. The lowest BCUT2D eigenvalue weighted by molar-refractivity contribution is 0.0999. The fraction of sp³-hybridized carbons (Fsp3) is 0.375. The number of nitrogens with two attached hydrogens (primary N) is 1. The number of benzene rings is 1. The summed E-state index contributed by atoms with van der Waals surface area (Å²) in [6, 6.07) is 7.92. The molecule has 0 bridgehead atoms. The number of aromatic nitrogens is 4. The van der Waals surface area contributed by atoms with Crippen LogP contribution in [0, 0.1) is 18.3 Å². The second-order valence-corrected chi connectivity index (χ2v) is 8.32. The molecule has 3 aromatic rings. The third-order valence-electron chi connectivity index (χ3n) is 6.00. The Morgan fingerprint density at radius 1 is 1.42 bits per heavy atom. The monoisotopic (exact) mass is 444 g/mol. The lowest BCUT2D eigenvalue weighted by atomic mass is 9.90. The van der Waals surface area contributed by atoms with Crippen LogP contribution < -0.4 is 16.4 Å². The second-order valence-electron chi connectivity index (χ2n) is 8.32. The number of nitrogens with one attached hydrogen (secondary N) is 2. The lowest BCUT2D eigenvalue weighted by Gasteiger charge is -2.22. The summed E-state index contributed by atoms with van der Waals surface area (Å²) in [5.74, 6) is -0.519. The number of piperidine rings is 1. The zero-order chi connectivity index (χ0) is 23.4. The van der Waals surface area contributed by atoms with Crippen LogP contribution >= 0.6 is 0 Å². The van der Waals surface area contributed by atoms with Gasteiger partial charge in [-0.15, -0.1) is 0 Å². The summed E-state index contributed by atoms with van der Waals surface area (Å²) in [6.07, 6.45) is 8.32. The molecule has 1 aromatic carbocycles. The molecule has 1 unspecified atom stereocenters. The van der Waals surface area contributed by atoms with E-state index >= 15 is 0 Å². The molecule has 1 amide bonds. The third kappa shape index (κ3) is 4.86. The van der Waals surface area contributed by atoms with Gasteiger partial charge >= 0.3 is 0 Å². The maximum Gasteiger partial charge on any atom is 0.249 e. The van der Waals surface area contributed by atoms with E-state index in [1.807, 2.05) is 30.8 Å². The highest BCUT2D eigenvalue weighted by Gasteiger charge is 2.19. The van der Waals surface area contributed by atoms with E-state index in [9.17, 15) is 10.1 Å². The second kappa shape index (κ2) is 9.79. The van der Waals surface area contributed by atoms with Crippen LogP contribution in [0.2, 0.25) is 0 Å². The number of carbonyl (C=O) groups excluding carboxylic acids is 1. The summed E-state index contributed by atoms with van der Waals surface area (Å²) in [5.41, 5.74) is 9.76. The number of aryl methyl sites for hydroxylation is 1. The van der Waals surface area contributed by atoms with Gasteiger partial charge in [-0.25, -0.2) is 9.97 Å². The molecule has 3 heterocycles. The standard InChI is InChI=1S/C24H28N8O/c1-3-16(10-25)21-9-17(6-7-20(21)23(26)33)22-15(2)11-28-24(31-22)30-18-12-29-32(14-18)19-5-4-8-27-13-19/h6-7,9,11-12,14,16,19,27H,3-5,8,13H2,1-2H3,(H2,26,33)(H,28,30,31)/t16-,19?/m1/s1. The van der Waals surface area contributed by atoms with E-state index in [-0.39, 0.29) is 0 Å². The molecule has 1 fully saturated rings. The van der Waals surface area contributed by atoms with Crippen molar-refractivity contribution in [3.63, 3.8) is 0 Å². The Labute approximate surface area is 193 Å². The molecule has 33 heavy (non-hydrogen) atoms. The third-order valence-corrected chi connectivity index (χ3v) is 6.00. The number of anilines is 2. The highest BCUT2D eigenvalue weighted by atomic mass is 16.1. The number of rotatable bonds is 7. The highest BCUT2D eigenvalue weighted by Crippen LogP contribution is 2.30. The van der Waals surface area contributed by atoms with Gasteiger partial charge in [0.05, 0.1) is 35.6 Å². The van der Waals surface area contributed by atoms with E-state index in [0.29, 0.717) is 29.5 Å². The number of primary amides is 1. The first kappa shape index (κ1) is 22.4. The van der Waals surface area contributed by atoms with Gasteiger partial charge in [-0.05, 0) is 56.0 Å². The summed E-state index contributed by atoms with van der Waals surface area (Å²) in [6.45, 7) is 5.80. The van der Waals surface area contributed by atoms with Crippen LogP contribution in [0.5, 0.6) is 0 Å². The van der Waals surface area contributed by atoms with Crippen molar-refractivity contribution in [2.45, 2.75) is 45.1 Å². The van der Waals surface area contributed by atoms with Gasteiger partial charge in [-0.3, -0.25) is 9.48 Å². The van der Waals surface area contributed by atoms with Gasteiger partial charge in [-0.1, -0.05) is 13.0 Å². The van der Waals surface area contributed by atoms with Gasteiger partial charge in [0.15, 0.2) is 0 Å². The molecule has 0 saturated carbocycles. The molecule has 170 valence electrons. The minimum Gasteiger partial charge on any atom is -0.366 e. The summed E-state index contributed by atoms with van der Waals surface area (Å²) in [4.78, 5) is 21.0. The molecule has 0 spiro atoms. The van der Waals surface area contributed by atoms with Crippen molar-refractivity contribution in [2.24, 2.45) is 5.73 Å². The van der Waals surface area contributed by atoms with Crippen molar-refractivity contribution in [3.8, 4) is 17.3 Å². The minimum absolute atomic E-state index is 0.345. The molecule has 9 nitrogen and oxygen atoms in total. The predicted octanol–water partition coefficient (Wildman–Crippen LogP) is 3.43. The topological polar surface area (TPSA) is 135 Å². The number of nitriles is 1. The zero-order valence-electron chi connectivity index (χ0n) is 18.9. The molecule has 9 heteroatoms. The SMILES string of the molecule is CC[C@H](C#N)c1cc(-c2nc(Nc3cnn(C4CCCNC4)c3)ncc2C)ccc1C(N)=O. The van der Waals surface area contributed by atoms with Gasteiger partial charge in [0.1, 0.15) is 0 Å². The zero-order valence-corrected chi connectivity index (χ0v) is 18.9. The highest BCUT2D eigenvalue weighted by molar-refractivity contribution is 5.95. The fourth-order valence-corrected chi connectivity index (χ4v) is 4.19. The summed E-state index contributed by atoms with van der Waals surface area (Å²) < 4.78 is 1.98. The number of hydrogen-bond donors (Lipinski definition) is 3.